The molecular weight excluding hydrogens is 382 g/mol. The van der Waals surface area contributed by atoms with Crippen molar-refractivity contribution < 1.29 is 19.6 Å². The minimum atomic E-state index is -0.803. The van der Waals surface area contributed by atoms with Crippen LogP contribution in [0.5, 0.6) is 0 Å². The summed E-state index contributed by atoms with van der Waals surface area (Å²) in [6, 6.07) is 8.23. The van der Waals surface area contributed by atoms with Gasteiger partial charge in [0.2, 0.25) is 5.78 Å². The van der Waals surface area contributed by atoms with Crippen molar-refractivity contribution in [3.63, 3.8) is 0 Å². The molecule has 2 aromatic rings. The molecule has 0 fully saturated rings. The third kappa shape index (κ3) is 3.67. The Bertz CT molecular complexity index is 935. The van der Waals surface area contributed by atoms with Gasteiger partial charge in [0.15, 0.2) is 5.76 Å². The zero-order valence-electron chi connectivity index (χ0n) is 15.4. The Hall–Kier alpha value is -3.04. The van der Waals surface area contributed by atoms with Crippen molar-refractivity contribution in [3.8, 4) is 0 Å². The van der Waals surface area contributed by atoms with Crippen molar-refractivity contribution in [2.75, 3.05) is 27.2 Å². The van der Waals surface area contributed by atoms with Crippen molar-refractivity contribution in [1.82, 2.24) is 9.80 Å². The molecule has 2 heterocycles. The number of thiophene rings is 1. The summed E-state index contributed by atoms with van der Waals surface area (Å²) in [5.74, 6) is -1.61. The molecule has 0 spiro atoms. The van der Waals surface area contributed by atoms with E-state index in [0.717, 1.165) is 0 Å². The second kappa shape index (κ2) is 7.91. The van der Waals surface area contributed by atoms with E-state index in [1.807, 2.05) is 19.0 Å². The summed E-state index contributed by atoms with van der Waals surface area (Å²) in [6.07, 6.45) is 0. The molecular formula is C19H19N3O5S. The number of likely N-dealkylation sites (N-methyl/N-ethyl adjacent to an activating group) is 1. The van der Waals surface area contributed by atoms with Crippen LogP contribution in [0.1, 0.15) is 21.3 Å². The number of ketones is 1. The number of rotatable bonds is 7. The molecule has 146 valence electrons. The van der Waals surface area contributed by atoms with Crippen LogP contribution in [0.25, 0.3) is 0 Å². The zero-order chi connectivity index (χ0) is 20.4. The lowest BCUT2D eigenvalue weighted by atomic mass is 9.95. The van der Waals surface area contributed by atoms with Crippen LogP contribution in [0.15, 0.2) is 53.1 Å². The van der Waals surface area contributed by atoms with E-state index in [4.69, 9.17) is 0 Å². The Kier molecular flexibility index (Phi) is 5.57. The molecule has 1 aliphatic heterocycles. The second-order valence-corrected chi connectivity index (χ2v) is 7.57. The normalized spacial score (nSPS) is 16.9. The van der Waals surface area contributed by atoms with Crippen molar-refractivity contribution in [1.29, 1.82) is 0 Å². The molecule has 1 aliphatic rings. The molecule has 1 N–H and O–H groups in total. The first-order chi connectivity index (χ1) is 13.3. The fourth-order valence-corrected chi connectivity index (χ4v) is 3.77. The minimum Gasteiger partial charge on any atom is -0.503 e. The molecule has 0 aliphatic carbocycles. The Balaban J connectivity index is 2.05. The molecule has 0 saturated heterocycles. The third-order valence-electron chi connectivity index (χ3n) is 4.50. The summed E-state index contributed by atoms with van der Waals surface area (Å²) in [5.41, 5.74) is 0.439. The van der Waals surface area contributed by atoms with Crippen molar-refractivity contribution in [2.24, 2.45) is 0 Å². The highest BCUT2D eigenvalue weighted by molar-refractivity contribution is 7.12. The predicted molar refractivity (Wildman–Crippen MR) is 104 cm³/mol. The van der Waals surface area contributed by atoms with E-state index in [1.54, 1.807) is 17.5 Å². The van der Waals surface area contributed by atoms with E-state index in [9.17, 15) is 24.8 Å². The SMILES string of the molecule is CN(C)CCN1C(=O)C(O)=C(C(=O)c2cccs2)C1c1ccc([N+](=O)[O-])cc1. The van der Waals surface area contributed by atoms with Gasteiger partial charge in [0.05, 0.1) is 21.4 Å². The lowest BCUT2D eigenvalue weighted by Crippen LogP contribution is -2.36. The van der Waals surface area contributed by atoms with Crippen LogP contribution >= 0.6 is 11.3 Å². The number of amides is 1. The number of Topliss-reactive ketones (excluding diaryl/α,β-unsaturated/α-hetero) is 1. The molecule has 0 saturated carbocycles. The highest BCUT2D eigenvalue weighted by Gasteiger charge is 2.43. The van der Waals surface area contributed by atoms with Crippen LogP contribution in [0.2, 0.25) is 0 Å². The fraction of sp³-hybridized carbons (Fsp3) is 0.263. The maximum absolute atomic E-state index is 13.0. The van der Waals surface area contributed by atoms with Gasteiger partial charge < -0.3 is 14.9 Å². The van der Waals surface area contributed by atoms with Gasteiger partial charge in [-0.25, -0.2) is 0 Å². The van der Waals surface area contributed by atoms with Crippen LogP contribution in [0.4, 0.5) is 5.69 Å². The lowest BCUT2D eigenvalue weighted by molar-refractivity contribution is -0.384. The van der Waals surface area contributed by atoms with Crippen LogP contribution in [0, 0.1) is 10.1 Å². The van der Waals surface area contributed by atoms with Gasteiger partial charge in [-0.05, 0) is 43.2 Å². The zero-order valence-corrected chi connectivity index (χ0v) is 16.2. The van der Waals surface area contributed by atoms with Crippen LogP contribution in [-0.2, 0) is 4.79 Å². The Morgan fingerprint density at radius 3 is 2.50 bits per heavy atom. The average molecular weight is 401 g/mol. The van der Waals surface area contributed by atoms with Gasteiger partial charge in [-0.2, -0.15) is 0 Å². The second-order valence-electron chi connectivity index (χ2n) is 6.62. The maximum Gasteiger partial charge on any atom is 0.290 e. The first-order valence-electron chi connectivity index (χ1n) is 8.52. The molecule has 0 bridgehead atoms. The maximum atomic E-state index is 13.0. The number of nitrogens with zero attached hydrogens (tertiary/aromatic N) is 3. The lowest BCUT2D eigenvalue weighted by Gasteiger charge is -2.27. The fourth-order valence-electron chi connectivity index (χ4n) is 3.09. The average Bonchev–Trinajstić information content (AvgIpc) is 3.28. The number of non-ortho nitro benzene ring substituents is 1. The van der Waals surface area contributed by atoms with Gasteiger partial charge in [-0.3, -0.25) is 19.7 Å². The molecule has 9 heteroatoms. The van der Waals surface area contributed by atoms with Gasteiger partial charge in [-0.1, -0.05) is 6.07 Å². The van der Waals surface area contributed by atoms with Crippen LogP contribution in [-0.4, -0.2) is 58.7 Å². The van der Waals surface area contributed by atoms with Crippen LogP contribution in [0.3, 0.4) is 0 Å². The molecule has 1 unspecified atom stereocenters. The number of aliphatic hydroxyl groups is 1. The summed E-state index contributed by atoms with van der Waals surface area (Å²) in [4.78, 5) is 39.9. The van der Waals surface area contributed by atoms with Crippen molar-refractivity contribution in [2.45, 2.75) is 6.04 Å². The van der Waals surface area contributed by atoms with Crippen molar-refractivity contribution >= 4 is 28.7 Å². The first kappa shape index (κ1) is 19.7. The predicted octanol–water partition coefficient (Wildman–Crippen LogP) is 2.80. The molecule has 0 radical (unpaired) electrons. The van der Waals surface area contributed by atoms with Gasteiger partial charge in [-0.15, -0.1) is 11.3 Å². The summed E-state index contributed by atoms with van der Waals surface area (Å²) >= 11 is 1.22. The van der Waals surface area contributed by atoms with Crippen molar-refractivity contribution in [3.05, 3.63) is 73.7 Å². The molecule has 1 amide bonds. The molecule has 3 rings (SSSR count). The highest BCUT2D eigenvalue weighted by atomic mass is 32.1. The minimum absolute atomic E-state index is 0.0000548. The topological polar surface area (TPSA) is 104 Å². The Labute approximate surface area is 165 Å². The number of nitro groups is 1. The van der Waals surface area contributed by atoms with Gasteiger partial charge in [0.25, 0.3) is 11.6 Å². The smallest absolute Gasteiger partial charge is 0.290 e. The largest absolute Gasteiger partial charge is 0.503 e. The molecule has 1 aromatic carbocycles. The van der Waals surface area contributed by atoms with E-state index in [2.05, 4.69) is 0 Å². The van der Waals surface area contributed by atoms with E-state index in [0.29, 0.717) is 23.5 Å². The number of benzene rings is 1. The summed E-state index contributed by atoms with van der Waals surface area (Å²) in [6.45, 7) is 0.821. The first-order valence-corrected chi connectivity index (χ1v) is 9.40. The molecule has 1 aromatic heterocycles. The standard InChI is InChI=1S/C19H19N3O5S/c1-20(2)9-10-21-16(12-5-7-13(8-6-12)22(26)27)15(18(24)19(21)25)17(23)14-4-3-11-28-14/h3-8,11,16,24H,9-10H2,1-2H3. The molecule has 1 atom stereocenters. The summed E-state index contributed by atoms with van der Waals surface area (Å²) < 4.78 is 0. The highest BCUT2D eigenvalue weighted by Crippen LogP contribution is 2.39. The van der Waals surface area contributed by atoms with Gasteiger partial charge in [0, 0.05) is 25.2 Å². The summed E-state index contributed by atoms with van der Waals surface area (Å²) in [7, 11) is 3.71. The van der Waals surface area contributed by atoms with Gasteiger partial charge >= 0.3 is 0 Å². The number of nitro benzene ring substituents is 1. The van der Waals surface area contributed by atoms with E-state index in [-0.39, 0.29) is 11.3 Å². The number of aliphatic hydroxyl groups excluding tert-OH is 1. The summed E-state index contributed by atoms with van der Waals surface area (Å²) in [5, 5.41) is 23.2. The quantitative estimate of drug-likeness (QED) is 0.435. The van der Waals surface area contributed by atoms with E-state index >= 15 is 0 Å². The number of carbonyl (C=O) groups is 2. The molecule has 28 heavy (non-hydrogen) atoms. The Morgan fingerprint density at radius 1 is 1.29 bits per heavy atom. The van der Waals surface area contributed by atoms with E-state index < -0.39 is 28.4 Å². The number of hydrogen-bond donors (Lipinski definition) is 1. The third-order valence-corrected chi connectivity index (χ3v) is 5.37. The number of carbonyl (C=O) groups excluding carboxylic acids is 2. The van der Waals surface area contributed by atoms with E-state index in [1.165, 1.54) is 40.5 Å². The number of hydrogen-bond acceptors (Lipinski definition) is 7. The molecule has 8 nitrogen and oxygen atoms in total. The Morgan fingerprint density at radius 2 is 1.96 bits per heavy atom. The van der Waals surface area contributed by atoms with Crippen LogP contribution < -0.4 is 0 Å². The van der Waals surface area contributed by atoms with Gasteiger partial charge in [0.1, 0.15) is 0 Å². The monoisotopic (exact) mass is 401 g/mol.